The average Bonchev–Trinajstić information content (AvgIpc) is 2.64. The number of nitrogens with zero attached hydrogens (tertiary/aromatic N) is 2. The minimum absolute atomic E-state index is 0.152. The Labute approximate surface area is 153 Å². The molecule has 0 bridgehead atoms. The molecule has 6 nitrogen and oxygen atoms in total. The summed E-state index contributed by atoms with van der Waals surface area (Å²) in [6.07, 6.45) is 1.66. The van der Waals surface area contributed by atoms with Crippen LogP contribution < -0.4 is 20.1 Å². The van der Waals surface area contributed by atoms with Gasteiger partial charge in [0.1, 0.15) is 29.5 Å². The van der Waals surface area contributed by atoms with Crippen molar-refractivity contribution in [2.24, 2.45) is 0 Å². The summed E-state index contributed by atoms with van der Waals surface area (Å²) in [5, 5.41) is 6.51. The van der Waals surface area contributed by atoms with Gasteiger partial charge in [-0.15, -0.1) is 0 Å². The van der Waals surface area contributed by atoms with E-state index in [1.165, 1.54) is 6.33 Å². The molecule has 1 heterocycles. The summed E-state index contributed by atoms with van der Waals surface area (Å²) in [6, 6.07) is 17.3. The molecular formula is C20H22N4O2. The van der Waals surface area contributed by atoms with Crippen LogP contribution in [0.3, 0.4) is 0 Å². The van der Waals surface area contributed by atoms with Gasteiger partial charge in [-0.1, -0.05) is 12.1 Å². The summed E-state index contributed by atoms with van der Waals surface area (Å²) < 4.78 is 11.0. The number of hydrogen-bond donors (Lipinski definition) is 2. The Bertz CT molecular complexity index is 850. The predicted molar refractivity (Wildman–Crippen MR) is 104 cm³/mol. The van der Waals surface area contributed by atoms with Gasteiger partial charge >= 0.3 is 0 Å². The molecule has 26 heavy (non-hydrogen) atoms. The van der Waals surface area contributed by atoms with Gasteiger partial charge in [-0.2, -0.15) is 0 Å². The van der Waals surface area contributed by atoms with E-state index in [1.807, 2.05) is 68.4 Å². The SMILES string of the molecule is COc1ccccc1Nc1cc(Nc2ccc(OC(C)C)cc2)ncn1. The van der Waals surface area contributed by atoms with E-state index < -0.39 is 0 Å². The lowest BCUT2D eigenvalue weighted by molar-refractivity contribution is 0.242. The molecule has 0 radical (unpaired) electrons. The fraction of sp³-hybridized carbons (Fsp3) is 0.200. The molecule has 0 fully saturated rings. The molecule has 0 saturated carbocycles. The third-order valence-corrected chi connectivity index (χ3v) is 3.54. The van der Waals surface area contributed by atoms with Gasteiger partial charge in [-0.3, -0.25) is 0 Å². The van der Waals surface area contributed by atoms with E-state index in [0.29, 0.717) is 11.6 Å². The molecule has 0 aliphatic heterocycles. The zero-order valence-corrected chi connectivity index (χ0v) is 15.1. The number of nitrogens with one attached hydrogen (secondary N) is 2. The van der Waals surface area contributed by atoms with Crippen LogP contribution in [0.4, 0.5) is 23.0 Å². The van der Waals surface area contributed by atoms with Gasteiger partial charge < -0.3 is 20.1 Å². The van der Waals surface area contributed by atoms with Crippen molar-refractivity contribution in [2.45, 2.75) is 20.0 Å². The van der Waals surface area contributed by atoms with Crippen LogP contribution in [0.15, 0.2) is 60.9 Å². The minimum atomic E-state index is 0.152. The Balaban J connectivity index is 1.71. The number of rotatable bonds is 7. The standard InChI is InChI=1S/C20H22N4O2/c1-14(2)26-16-10-8-15(9-11-16)23-19-12-20(22-13-21-19)24-17-6-4-5-7-18(17)25-3/h4-14H,1-3H3,(H2,21,22,23,24). The van der Waals surface area contributed by atoms with Gasteiger partial charge in [0.25, 0.3) is 0 Å². The molecule has 0 saturated heterocycles. The molecule has 1 aromatic heterocycles. The molecule has 134 valence electrons. The van der Waals surface area contributed by atoms with Gasteiger partial charge in [-0.25, -0.2) is 9.97 Å². The van der Waals surface area contributed by atoms with Crippen molar-refractivity contribution in [1.29, 1.82) is 0 Å². The lowest BCUT2D eigenvalue weighted by Crippen LogP contribution is -2.05. The molecule has 0 spiro atoms. The maximum absolute atomic E-state index is 5.65. The first-order chi connectivity index (χ1) is 12.6. The van der Waals surface area contributed by atoms with Crippen LogP contribution >= 0.6 is 0 Å². The molecule has 3 rings (SSSR count). The molecule has 2 aromatic carbocycles. The molecule has 0 aliphatic carbocycles. The second kappa shape index (κ2) is 8.20. The first kappa shape index (κ1) is 17.5. The van der Waals surface area contributed by atoms with E-state index in [-0.39, 0.29) is 6.10 Å². The third kappa shape index (κ3) is 4.63. The molecule has 6 heteroatoms. The van der Waals surface area contributed by atoms with Crippen LogP contribution in [0.1, 0.15) is 13.8 Å². The molecule has 0 amide bonds. The van der Waals surface area contributed by atoms with Crippen LogP contribution in [-0.4, -0.2) is 23.2 Å². The summed E-state index contributed by atoms with van der Waals surface area (Å²) in [7, 11) is 1.64. The number of hydrogen-bond acceptors (Lipinski definition) is 6. The highest BCUT2D eigenvalue weighted by Crippen LogP contribution is 2.27. The van der Waals surface area contributed by atoms with Crippen molar-refractivity contribution in [2.75, 3.05) is 17.7 Å². The fourth-order valence-electron chi connectivity index (χ4n) is 2.42. The molecule has 0 atom stereocenters. The topological polar surface area (TPSA) is 68.3 Å². The Hall–Kier alpha value is -3.28. The summed E-state index contributed by atoms with van der Waals surface area (Å²) in [5.74, 6) is 2.95. The van der Waals surface area contributed by atoms with E-state index in [4.69, 9.17) is 9.47 Å². The number of methoxy groups -OCH3 is 1. The Morgan fingerprint density at radius 1 is 0.885 bits per heavy atom. The molecule has 3 aromatic rings. The number of anilines is 4. The highest BCUT2D eigenvalue weighted by atomic mass is 16.5. The Morgan fingerprint density at radius 2 is 1.58 bits per heavy atom. The Morgan fingerprint density at radius 3 is 2.27 bits per heavy atom. The quantitative estimate of drug-likeness (QED) is 0.640. The van der Waals surface area contributed by atoms with Crippen molar-refractivity contribution in [3.05, 3.63) is 60.9 Å². The van der Waals surface area contributed by atoms with Crippen LogP contribution in [0.5, 0.6) is 11.5 Å². The van der Waals surface area contributed by atoms with Crippen LogP contribution in [-0.2, 0) is 0 Å². The maximum Gasteiger partial charge on any atom is 0.142 e. The number of ether oxygens (including phenoxy) is 2. The molecule has 0 unspecified atom stereocenters. The van der Waals surface area contributed by atoms with E-state index in [2.05, 4.69) is 20.6 Å². The fourth-order valence-corrected chi connectivity index (χ4v) is 2.42. The normalized spacial score (nSPS) is 10.5. The first-order valence-electron chi connectivity index (χ1n) is 8.40. The van der Waals surface area contributed by atoms with Gasteiger partial charge in [0.05, 0.1) is 18.9 Å². The van der Waals surface area contributed by atoms with Crippen molar-refractivity contribution in [3.8, 4) is 11.5 Å². The number of aromatic nitrogens is 2. The molecular weight excluding hydrogens is 328 g/mol. The van der Waals surface area contributed by atoms with E-state index in [0.717, 1.165) is 22.9 Å². The highest BCUT2D eigenvalue weighted by molar-refractivity contribution is 5.67. The van der Waals surface area contributed by atoms with Gasteiger partial charge in [0.15, 0.2) is 0 Å². The Kier molecular flexibility index (Phi) is 5.53. The van der Waals surface area contributed by atoms with Crippen molar-refractivity contribution in [3.63, 3.8) is 0 Å². The monoisotopic (exact) mass is 350 g/mol. The minimum Gasteiger partial charge on any atom is -0.495 e. The zero-order valence-electron chi connectivity index (χ0n) is 15.1. The number of para-hydroxylation sites is 2. The largest absolute Gasteiger partial charge is 0.495 e. The van der Waals surface area contributed by atoms with Crippen LogP contribution in [0, 0.1) is 0 Å². The third-order valence-electron chi connectivity index (χ3n) is 3.54. The lowest BCUT2D eigenvalue weighted by Gasteiger charge is -2.12. The summed E-state index contributed by atoms with van der Waals surface area (Å²) >= 11 is 0. The van der Waals surface area contributed by atoms with Crippen molar-refractivity contribution >= 4 is 23.0 Å². The molecule has 2 N–H and O–H groups in total. The van der Waals surface area contributed by atoms with E-state index in [1.54, 1.807) is 7.11 Å². The second-order valence-corrected chi connectivity index (χ2v) is 5.93. The lowest BCUT2D eigenvalue weighted by atomic mass is 10.3. The van der Waals surface area contributed by atoms with Crippen molar-refractivity contribution < 1.29 is 9.47 Å². The predicted octanol–water partition coefficient (Wildman–Crippen LogP) is 4.76. The summed E-state index contributed by atoms with van der Waals surface area (Å²) in [5.41, 5.74) is 1.76. The maximum atomic E-state index is 5.65. The van der Waals surface area contributed by atoms with E-state index in [9.17, 15) is 0 Å². The van der Waals surface area contributed by atoms with Crippen LogP contribution in [0.25, 0.3) is 0 Å². The highest BCUT2D eigenvalue weighted by Gasteiger charge is 2.05. The smallest absolute Gasteiger partial charge is 0.142 e. The van der Waals surface area contributed by atoms with Crippen molar-refractivity contribution in [1.82, 2.24) is 9.97 Å². The van der Waals surface area contributed by atoms with E-state index >= 15 is 0 Å². The second-order valence-electron chi connectivity index (χ2n) is 5.93. The van der Waals surface area contributed by atoms with Gasteiger partial charge in [-0.05, 0) is 50.2 Å². The summed E-state index contributed by atoms with van der Waals surface area (Å²) in [6.45, 7) is 4.01. The summed E-state index contributed by atoms with van der Waals surface area (Å²) in [4.78, 5) is 8.53. The first-order valence-corrected chi connectivity index (χ1v) is 8.40. The number of benzene rings is 2. The molecule has 0 aliphatic rings. The average molecular weight is 350 g/mol. The zero-order chi connectivity index (χ0) is 18.4. The van der Waals surface area contributed by atoms with Crippen LogP contribution in [0.2, 0.25) is 0 Å². The van der Waals surface area contributed by atoms with Gasteiger partial charge in [0.2, 0.25) is 0 Å². The van der Waals surface area contributed by atoms with Gasteiger partial charge in [0, 0.05) is 11.8 Å².